The van der Waals surface area contributed by atoms with Crippen LogP contribution >= 0.6 is 11.3 Å². The molecule has 2 rings (SSSR count). The molecule has 0 fully saturated rings. The Kier molecular flexibility index (Phi) is 3.20. The smallest absolute Gasteiger partial charge is 0.178 e. The standard InChI is InChI=1S/C15H18O2S/c1-9-11-8-10(17-5)6-7-12(11)18-13(9)14(16)15(2,3)4/h6-8H,1-5H3. The second-order valence-electron chi connectivity index (χ2n) is 5.50. The molecule has 2 aromatic rings. The number of ketones is 1. The number of hydrogen-bond acceptors (Lipinski definition) is 3. The SMILES string of the molecule is COc1ccc2sc(C(=O)C(C)(C)C)c(C)c2c1. The molecule has 0 bridgehead atoms. The Balaban J connectivity index is 2.61. The third-order valence-electron chi connectivity index (χ3n) is 3.03. The van der Waals surface area contributed by atoms with Crippen LogP contribution in [0.5, 0.6) is 5.75 Å². The van der Waals surface area contributed by atoms with E-state index >= 15 is 0 Å². The van der Waals surface area contributed by atoms with Crippen LogP contribution in [0.25, 0.3) is 10.1 Å². The van der Waals surface area contributed by atoms with Gasteiger partial charge in [0.15, 0.2) is 5.78 Å². The van der Waals surface area contributed by atoms with E-state index in [2.05, 4.69) is 0 Å². The molecule has 3 heteroatoms. The maximum absolute atomic E-state index is 12.4. The molecule has 0 radical (unpaired) electrons. The summed E-state index contributed by atoms with van der Waals surface area (Å²) in [6, 6.07) is 5.95. The molecule has 0 aliphatic heterocycles. The van der Waals surface area contributed by atoms with Gasteiger partial charge in [-0.2, -0.15) is 0 Å². The minimum absolute atomic E-state index is 0.208. The first-order valence-corrected chi connectivity index (χ1v) is 6.78. The quantitative estimate of drug-likeness (QED) is 0.747. The average molecular weight is 262 g/mol. The van der Waals surface area contributed by atoms with E-state index in [0.717, 1.165) is 26.3 Å². The highest BCUT2D eigenvalue weighted by atomic mass is 32.1. The van der Waals surface area contributed by atoms with Crippen LogP contribution in [0.3, 0.4) is 0 Å². The highest BCUT2D eigenvalue weighted by Crippen LogP contribution is 2.36. The van der Waals surface area contributed by atoms with Crippen molar-refractivity contribution in [2.45, 2.75) is 27.7 Å². The van der Waals surface area contributed by atoms with Crippen molar-refractivity contribution in [1.82, 2.24) is 0 Å². The largest absolute Gasteiger partial charge is 0.497 e. The van der Waals surface area contributed by atoms with E-state index in [1.54, 1.807) is 18.4 Å². The van der Waals surface area contributed by atoms with E-state index in [1.165, 1.54) is 0 Å². The summed E-state index contributed by atoms with van der Waals surface area (Å²) in [7, 11) is 1.66. The number of rotatable bonds is 2. The van der Waals surface area contributed by atoms with Gasteiger partial charge >= 0.3 is 0 Å². The first kappa shape index (κ1) is 13.1. The molecule has 18 heavy (non-hydrogen) atoms. The molecule has 0 aliphatic rings. The van der Waals surface area contributed by atoms with Gasteiger partial charge in [-0.25, -0.2) is 0 Å². The Morgan fingerprint density at radius 1 is 1.28 bits per heavy atom. The number of ether oxygens (including phenoxy) is 1. The van der Waals surface area contributed by atoms with E-state index in [9.17, 15) is 4.79 Å². The Morgan fingerprint density at radius 2 is 1.94 bits per heavy atom. The number of carbonyl (C=O) groups is 1. The van der Waals surface area contributed by atoms with E-state index < -0.39 is 0 Å². The predicted molar refractivity (Wildman–Crippen MR) is 76.9 cm³/mol. The van der Waals surface area contributed by atoms with E-state index in [1.807, 2.05) is 45.9 Å². The Morgan fingerprint density at radius 3 is 2.50 bits per heavy atom. The number of aryl methyl sites for hydroxylation is 1. The van der Waals surface area contributed by atoms with Gasteiger partial charge in [0.25, 0.3) is 0 Å². The number of Topliss-reactive ketones (excluding diaryl/α,β-unsaturated/α-hetero) is 1. The number of fused-ring (bicyclic) bond motifs is 1. The highest BCUT2D eigenvalue weighted by Gasteiger charge is 2.26. The molecule has 0 atom stereocenters. The molecule has 0 aliphatic carbocycles. The predicted octanol–water partition coefficient (Wildman–Crippen LogP) is 4.45. The second-order valence-corrected chi connectivity index (χ2v) is 6.55. The first-order chi connectivity index (χ1) is 8.34. The number of benzene rings is 1. The summed E-state index contributed by atoms with van der Waals surface area (Å²) >= 11 is 1.57. The van der Waals surface area contributed by atoms with Crippen LogP contribution in [0, 0.1) is 12.3 Å². The summed E-state index contributed by atoms with van der Waals surface area (Å²) < 4.78 is 6.37. The first-order valence-electron chi connectivity index (χ1n) is 5.96. The summed E-state index contributed by atoms with van der Waals surface area (Å²) in [4.78, 5) is 13.3. The van der Waals surface area contributed by atoms with Gasteiger partial charge in [-0.05, 0) is 36.1 Å². The summed E-state index contributed by atoms with van der Waals surface area (Å²) in [6.07, 6.45) is 0. The summed E-state index contributed by atoms with van der Waals surface area (Å²) in [5.74, 6) is 1.04. The zero-order valence-corrected chi connectivity index (χ0v) is 12.3. The lowest BCUT2D eigenvalue weighted by molar-refractivity contribution is 0.0862. The lowest BCUT2D eigenvalue weighted by Crippen LogP contribution is -2.19. The Hall–Kier alpha value is -1.35. The average Bonchev–Trinajstić information content (AvgIpc) is 2.64. The van der Waals surface area contributed by atoms with Crippen LogP contribution in [0.2, 0.25) is 0 Å². The van der Waals surface area contributed by atoms with Gasteiger partial charge in [0.2, 0.25) is 0 Å². The third kappa shape index (κ3) is 2.15. The van der Waals surface area contributed by atoms with E-state index in [4.69, 9.17) is 4.74 Å². The minimum atomic E-state index is -0.338. The van der Waals surface area contributed by atoms with Gasteiger partial charge < -0.3 is 4.74 Å². The van der Waals surface area contributed by atoms with Crippen molar-refractivity contribution in [3.8, 4) is 5.75 Å². The normalized spacial score (nSPS) is 11.8. The van der Waals surface area contributed by atoms with Crippen LogP contribution in [-0.4, -0.2) is 12.9 Å². The monoisotopic (exact) mass is 262 g/mol. The van der Waals surface area contributed by atoms with Gasteiger partial charge in [0, 0.05) is 10.1 Å². The van der Waals surface area contributed by atoms with Gasteiger partial charge in [-0.15, -0.1) is 11.3 Å². The molecule has 0 N–H and O–H groups in total. The van der Waals surface area contributed by atoms with Crippen molar-refractivity contribution in [2.24, 2.45) is 5.41 Å². The molecule has 2 nitrogen and oxygen atoms in total. The van der Waals surface area contributed by atoms with Gasteiger partial charge in [0.1, 0.15) is 5.75 Å². The molecular formula is C15H18O2S. The number of thiophene rings is 1. The van der Waals surface area contributed by atoms with E-state index in [-0.39, 0.29) is 11.2 Å². The fourth-order valence-electron chi connectivity index (χ4n) is 1.88. The molecule has 0 saturated heterocycles. The topological polar surface area (TPSA) is 26.3 Å². The molecular weight excluding hydrogens is 244 g/mol. The van der Waals surface area contributed by atoms with Crippen LogP contribution in [0.4, 0.5) is 0 Å². The van der Waals surface area contributed by atoms with Gasteiger partial charge in [-0.3, -0.25) is 4.79 Å². The lowest BCUT2D eigenvalue weighted by Gasteiger charge is -2.15. The van der Waals surface area contributed by atoms with Crippen molar-refractivity contribution < 1.29 is 9.53 Å². The maximum atomic E-state index is 12.4. The number of hydrogen-bond donors (Lipinski definition) is 0. The van der Waals surface area contributed by atoms with Crippen LogP contribution in [-0.2, 0) is 0 Å². The molecule has 96 valence electrons. The number of methoxy groups -OCH3 is 1. The summed E-state index contributed by atoms with van der Waals surface area (Å²) in [6.45, 7) is 7.89. The highest BCUT2D eigenvalue weighted by molar-refractivity contribution is 7.21. The lowest BCUT2D eigenvalue weighted by atomic mass is 9.88. The van der Waals surface area contributed by atoms with Crippen molar-refractivity contribution in [3.63, 3.8) is 0 Å². The Labute approximate surface area is 112 Å². The molecule has 0 unspecified atom stereocenters. The maximum Gasteiger partial charge on any atom is 0.178 e. The molecule has 1 heterocycles. The van der Waals surface area contributed by atoms with Crippen LogP contribution in [0.15, 0.2) is 18.2 Å². The summed E-state index contributed by atoms with van der Waals surface area (Å²) in [5, 5.41) is 1.12. The van der Waals surface area contributed by atoms with Crippen molar-refractivity contribution in [1.29, 1.82) is 0 Å². The zero-order chi connectivity index (χ0) is 13.5. The van der Waals surface area contributed by atoms with Crippen LogP contribution < -0.4 is 4.74 Å². The zero-order valence-electron chi connectivity index (χ0n) is 11.5. The summed E-state index contributed by atoms with van der Waals surface area (Å²) in [5.41, 5.74) is 0.726. The van der Waals surface area contributed by atoms with Crippen molar-refractivity contribution in [3.05, 3.63) is 28.6 Å². The third-order valence-corrected chi connectivity index (χ3v) is 4.30. The van der Waals surface area contributed by atoms with Crippen LogP contribution in [0.1, 0.15) is 36.0 Å². The van der Waals surface area contributed by atoms with Crippen molar-refractivity contribution >= 4 is 27.2 Å². The molecule has 1 aromatic heterocycles. The number of carbonyl (C=O) groups excluding carboxylic acids is 1. The minimum Gasteiger partial charge on any atom is -0.497 e. The Bertz CT molecular complexity index is 603. The second kappa shape index (κ2) is 4.39. The van der Waals surface area contributed by atoms with Crippen molar-refractivity contribution in [2.75, 3.05) is 7.11 Å². The van der Waals surface area contributed by atoms with Gasteiger partial charge in [0.05, 0.1) is 12.0 Å². The molecule has 1 aromatic carbocycles. The molecule has 0 amide bonds. The van der Waals surface area contributed by atoms with E-state index in [0.29, 0.717) is 0 Å². The fraction of sp³-hybridized carbons (Fsp3) is 0.400. The molecule has 0 spiro atoms. The fourth-order valence-corrected chi connectivity index (χ4v) is 3.22. The van der Waals surface area contributed by atoms with Gasteiger partial charge in [-0.1, -0.05) is 20.8 Å². The molecule has 0 saturated carbocycles.